The SMILES string of the molecule is CC(=O)O[C@H]1CC[C@@H]2[C@H]3CC[C@H]4CC(=O)[C@H](C)C[C@]4(C)[C@@H]3CC[C@]12C. The topological polar surface area (TPSA) is 43.4 Å². The molecule has 0 amide bonds. The number of carbonyl (C=O) groups excluding carboxylic acids is 2. The van der Waals surface area contributed by atoms with Gasteiger partial charge in [0.25, 0.3) is 0 Å². The fraction of sp³-hybridized carbons (Fsp3) is 0.909. The number of carbonyl (C=O) groups is 2. The van der Waals surface area contributed by atoms with Gasteiger partial charge in [0.05, 0.1) is 0 Å². The first-order chi connectivity index (χ1) is 11.8. The number of rotatable bonds is 1. The van der Waals surface area contributed by atoms with Gasteiger partial charge in [-0.05, 0) is 74.0 Å². The second-order valence-electron chi connectivity index (χ2n) is 10.2. The van der Waals surface area contributed by atoms with Crippen molar-refractivity contribution in [2.75, 3.05) is 0 Å². The summed E-state index contributed by atoms with van der Waals surface area (Å²) in [6.45, 7) is 8.58. The number of hydrogen-bond donors (Lipinski definition) is 0. The van der Waals surface area contributed by atoms with Gasteiger partial charge in [0, 0.05) is 24.7 Å². The summed E-state index contributed by atoms with van der Waals surface area (Å²) in [6, 6.07) is 0. The zero-order valence-electron chi connectivity index (χ0n) is 16.3. The van der Waals surface area contributed by atoms with Crippen molar-refractivity contribution in [1.29, 1.82) is 0 Å². The van der Waals surface area contributed by atoms with Gasteiger partial charge in [0.1, 0.15) is 11.9 Å². The van der Waals surface area contributed by atoms with Crippen molar-refractivity contribution in [3.63, 3.8) is 0 Å². The Morgan fingerprint density at radius 3 is 2.48 bits per heavy atom. The number of fused-ring (bicyclic) bond motifs is 5. The molecule has 0 aliphatic heterocycles. The molecule has 0 spiro atoms. The van der Waals surface area contributed by atoms with Crippen LogP contribution in [0, 0.1) is 40.4 Å². The Labute approximate surface area is 152 Å². The maximum atomic E-state index is 12.3. The minimum Gasteiger partial charge on any atom is -0.462 e. The summed E-state index contributed by atoms with van der Waals surface area (Å²) in [4.78, 5) is 23.8. The van der Waals surface area contributed by atoms with Crippen molar-refractivity contribution in [2.24, 2.45) is 40.4 Å². The van der Waals surface area contributed by atoms with Crippen molar-refractivity contribution in [1.82, 2.24) is 0 Å². The lowest BCUT2D eigenvalue weighted by atomic mass is 9.44. The predicted octanol–water partition coefficient (Wildman–Crippen LogP) is 4.78. The van der Waals surface area contributed by atoms with Crippen molar-refractivity contribution < 1.29 is 14.3 Å². The summed E-state index contributed by atoms with van der Waals surface area (Å²) in [5.74, 6) is 3.44. The lowest BCUT2D eigenvalue weighted by Gasteiger charge is -2.60. The number of ketones is 1. The number of Topliss-reactive ketones (excluding diaryl/α,β-unsaturated/α-hetero) is 1. The summed E-state index contributed by atoms with van der Waals surface area (Å²) in [5.41, 5.74) is 0.517. The molecule has 0 bridgehead atoms. The Morgan fingerprint density at radius 2 is 1.76 bits per heavy atom. The molecule has 0 heterocycles. The lowest BCUT2D eigenvalue weighted by molar-refractivity contribution is -0.163. The van der Waals surface area contributed by atoms with Crippen LogP contribution in [0.5, 0.6) is 0 Å². The van der Waals surface area contributed by atoms with Gasteiger partial charge < -0.3 is 4.74 Å². The third-order valence-corrected chi connectivity index (χ3v) is 9.03. The van der Waals surface area contributed by atoms with E-state index in [4.69, 9.17) is 4.74 Å². The second kappa shape index (κ2) is 5.82. The highest BCUT2D eigenvalue weighted by molar-refractivity contribution is 5.82. The zero-order chi connectivity index (χ0) is 18.0. The molecular formula is C22H34O3. The molecule has 0 aromatic carbocycles. The minimum atomic E-state index is -0.121. The molecule has 25 heavy (non-hydrogen) atoms. The van der Waals surface area contributed by atoms with E-state index < -0.39 is 0 Å². The van der Waals surface area contributed by atoms with E-state index in [0.717, 1.165) is 31.1 Å². The molecule has 4 saturated carbocycles. The van der Waals surface area contributed by atoms with E-state index in [2.05, 4.69) is 20.8 Å². The van der Waals surface area contributed by atoms with Crippen molar-refractivity contribution in [2.45, 2.75) is 85.2 Å². The molecular weight excluding hydrogens is 312 g/mol. The van der Waals surface area contributed by atoms with Crippen LogP contribution in [0.25, 0.3) is 0 Å². The summed E-state index contributed by atoms with van der Waals surface area (Å²) in [6.07, 6.45) is 9.22. The van der Waals surface area contributed by atoms with Gasteiger partial charge in [-0.25, -0.2) is 0 Å². The summed E-state index contributed by atoms with van der Waals surface area (Å²) >= 11 is 0. The van der Waals surface area contributed by atoms with E-state index in [-0.39, 0.29) is 23.4 Å². The highest BCUT2D eigenvalue weighted by atomic mass is 16.5. The fourth-order valence-corrected chi connectivity index (χ4v) is 7.75. The summed E-state index contributed by atoms with van der Waals surface area (Å²) < 4.78 is 5.74. The van der Waals surface area contributed by atoms with E-state index in [9.17, 15) is 9.59 Å². The largest absolute Gasteiger partial charge is 0.462 e. The zero-order valence-corrected chi connectivity index (χ0v) is 16.3. The van der Waals surface area contributed by atoms with Crippen LogP contribution in [0.2, 0.25) is 0 Å². The molecule has 0 unspecified atom stereocenters. The first kappa shape index (κ1) is 17.5. The van der Waals surface area contributed by atoms with Gasteiger partial charge in [-0.1, -0.05) is 20.8 Å². The van der Waals surface area contributed by atoms with Gasteiger partial charge in [-0.2, -0.15) is 0 Å². The molecule has 4 aliphatic rings. The second-order valence-corrected chi connectivity index (χ2v) is 10.2. The van der Waals surface area contributed by atoms with E-state index in [1.807, 2.05) is 0 Å². The van der Waals surface area contributed by atoms with Crippen LogP contribution in [0.3, 0.4) is 0 Å². The van der Waals surface area contributed by atoms with Crippen molar-refractivity contribution >= 4 is 11.8 Å². The van der Waals surface area contributed by atoms with Gasteiger partial charge in [0.2, 0.25) is 0 Å². The van der Waals surface area contributed by atoms with Crippen LogP contribution < -0.4 is 0 Å². The van der Waals surface area contributed by atoms with Crippen molar-refractivity contribution in [3.05, 3.63) is 0 Å². The van der Waals surface area contributed by atoms with E-state index >= 15 is 0 Å². The molecule has 8 atom stereocenters. The Bertz CT molecular complexity index is 584. The van der Waals surface area contributed by atoms with E-state index in [1.54, 1.807) is 6.92 Å². The smallest absolute Gasteiger partial charge is 0.302 e. The predicted molar refractivity (Wildman–Crippen MR) is 96.8 cm³/mol. The molecule has 0 aromatic heterocycles. The van der Waals surface area contributed by atoms with Crippen LogP contribution >= 0.6 is 0 Å². The number of esters is 1. The molecule has 3 heteroatoms. The minimum absolute atomic E-state index is 0.119. The molecule has 3 nitrogen and oxygen atoms in total. The molecule has 0 saturated heterocycles. The van der Waals surface area contributed by atoms with Gasteiger partial charge in [0.15, 0.2) is 0 Å². The Morgan fingerprint density at radius 1 is 1.04 bits per heavy atom. The van der Waals surface area contributed by atoms with Crippen LogP contribution in [-0.2, 0) is 14.3 Å². The maximum absolute atomic E-state index is 12.3. The molecule has 4 fully saturated rings. The maximum Gasteiger partial charge on any atom is 0.302 e. The molecule has 0 aromatic rings. The number of ether oxygens (including phenoxy) is 1. The fourth-order valence-electron chi connectivity index (χ4n) is 7.75. The first-order valence-electron chi connectivity index (χ1n) is 10.5. The number of hydrogen-bond acceptors (Lipinski definition) is 3. The molecule has 140 valence electrons. The monoisotopic (exact) mass is 346 g/mol. The third-order valence-electron chi connectivity index (χ3n) is 9.03. The molecule has 0 radical (unpaired) electrons. The Hall–Kier alpha value is -0.860. The van der Waals surface area contributed by atoms with Crippen molar-refractivity contribution in [3.8, 4) is 0 Å². The van der Waals surface area contributed by atoms with Crippen LogP contribution in [0.4, 0.5) is 0 Å². The van der Waals surface area contributed by atoms with Crippen LogP contribution in [0.15, 0.2) is 0 Å². The summed E-state index contributed by atoms with van der Waals surface area (Å²) in [5, 5.41) is 0. The molecule has 0 N–H and O–H groups in total. The van der Waals surface area contributed by atoms with Gasteiger partial charge >= 0.3 is 5.97 Å². The van der Waals surface area contributed by atoms with E-state index in [0.29, 0.717) is 23.0 Å². The summed E-state index contributed by atoms with van der Waals surface area (Å²) in [7, 11) is 0. The van der Waals surface area contributed by atoms with Crippen LogP contribution in [-0.4, -0.2) is 17.9 Å². The average molecular weight is 347 g/mol. The average Bonchev–Trinajstić information content (AvgIpc) is 2.85. The highest BCUT2D eigenvalue weighted by Crippen LogP contribution is 2.66. The Balaban J connectivity index is 1.59. The lowest BCUT2D eigenvalue weighted by Crippen LogP contribution is -2.55. The standard InChI is InChI=1S/C22H34O3/c1-13-12-22(4)15(11-19(13)24)5-6-16-17-7-8-20(25-14(2)23)21(17,3)10-9-18(16)22/h13,15-18,20H,5-12H2,1-4H3/t13-,15+,16-,17-,18-,20+,21+,22+/m1/s1. The molecule has 4 rings (SSSR count). The highest BCUT2D eigenvalue weighted by Gasteiger charge is 2.61. The quantitative estimate of drug-likeness (QED) is 0.642. The van der Waals surface area contributed by atoms with Gasteiger partial charge in [-0.3, -0.25) is 9.59 Å². The first-order valence-corrected chi connectivity index (χ1v) is 10.5. The molecule has 4 aliphatic carbocycles. The van der Waals surface area contributed by atoms with Gasteiger partial charge in [-0.15, -0.1) is 0 Å². The van der Waals surface area contributed by atoms with Crippen LogP contribution in [0.1, 0.15) is 79.1 Å². The Kier molecular flexibility index (Phi) is 4.09. The van der Waals surface area contributed by atoms with E-state index in [1.165, 1.54) is 32.1 Å². The normalized spacial score (nSPS) is 52.1. The third kappa shape index (κ3) is 2.51.